The quantitative estimate of drug-likeness (QED) is 0.622. The van der Waals surface area contributed by atoms with E-state index in [0.717, 1.165) is 28.0 Å². The maximum atomic E-state index is 13.5. The molecule has 2 heterocycles. The lowest BCUT2D eigenvalue weighted by molar-refractivity contribution is -0.128. The molecule has 6 heteroatoms. The average molecular weight is 446 g/mol. The number of rotatable bonds is 5. The summed E-state index contributed by atoms with van der Waals surface area (Å²) in [5, 5.41) is 3.15. The van der Waals surface area contributed by atoms with Gasteiger partial charge in [0.2, 0.25) is 5.91 Å². The third-order valence-electron chi connectivity index (χ3n) is 5.64. The number of methoxy groups -OCH3 is 1. The highest BCUT2D eigenvalue weighted by molar-refractivity contribution is 5.84. The lowest BCUT2D eigenvalue weighted by atomic mass is 9.97. The number of hydrogen-bond donors (Lipinski definition) is 1. The maximum absolute atomic E-state index is 13.5. The summed E-state index contributed by atoms with van der Waals surface area (Å²) in [5.41, 5.74) is 3.82. The van der Waals surface area contributed by atoms with Gasteiger partial charge in [-0.15, -0.1) is 0 Å². The summed E-state index contributed by atoms with van der Waals surface area (Å²) in [6.45, 7) is 7.69. The first kappa shape index (κ1) is 22.8. The van der Waals surface area contributed by atoms with Gasteiger partial charge < -0.3 is 14.8 Å². The van der Waals surface area contributed by atoms with Crippen molar-refractivity contribution in [3.05, 3.63) is 78.1 Å². The minimum absolute atomic E-state index is 0.0517. The van der Waals surface area contributed by atoms with Crippen LogP contribution in [0.4, 0.5) is 0 Å². The van der Waals surface area contributed by atoms with Crippen molar-refractivity contribution in [2.45, 2.75) is 38.9 Å². The van der Waals surface area contributed by atoms with E-state index in [4.69, 9.17) is 9.47 Å². The average Bonchev–Trinajstić information content (AvgIpc) is 2.97. The molecule has 1 N–H and O–H groups in total. The molecule has 1 aromatic heterocycles. The molecule has 1 amide bonds. The first-order valence-corrected chi connectivity index (χ1v) is 11.2. The normalized spacial score (nSPS) is 16.3. The Balaban J connectivity index is 1.71. The van der Waals surface area contributed by atoms with Gasteiger partial charge in [-0.3, -0.25) is 14.7 Å². The van der Waals surface area contributed by atoms with Crippen LogP contribution in [-0.2, 0) is 11.3 Å². The van der Waals surface area contributed by atoms with E-state index in [1.54, 1.807) is 19.5 Å². The van der Waals surface area contributed by atoms with E-state index in [1.165, 1.54) is 0 Å². The van der Waals surface area contributed by atoms with Crippen LogP contribution in [-0.4, -0.2) is 41.6 Å². The summed E-state index contributed by atoms with van der Waals surface area (Å²) in [6.07, 6.45) is 3.45. The van der Waals surface area contributed by atoms with E-state index in [0.29, 0.717) is 25.4 Å². The van der Waals surface area contributed by atoms with Gasteiger partial charge in [-0.05, 0) is 55.7 Å². The first-order chi connectivity index (χ1) is 15.9. The van der Waals surface area contributed by atoms with Crippen LogP contribution in [0.15, 0.2) is 67.0 Å². The molecule has 0 fully saturated rings. The van der Waals surface area contributed by atoms with Gasteiger partial charge in [-0.25, -0.2) is 0 Å². The summed E-state index contributed by atoms with van der Waals surface area (Å²) < 4.78 is 11.3. The molecule has 1 unspecified atom stereocenters. The third-order valence-corrected chi connectivity index (χ3v) is 5.64. The van der Waals surface area contributed by atoms with Gasteiger partial charge in [0, 0.05) is 36.6 Å². The highest BCUT2D eigenvalue weighted by Crippen LogP contribution is 2.34. The van der Waals surface area contributed by atoms with Gasteiger partial charge in [0.15, 0.2) is 0 Å². The number of benzene rings is 2. The highest BCUT2D eigenvalue weighted by Gasteiger charge is 2.34. The molecule has 0 saturated carbocycles. The molecule has 6 nitrogen and oxygen atoms in total. The Morgan fingerprint density at radius 2 is 1.91 bits per heavy atom. The summed E-state index contributed by atoms with van der Waals surface area (Å²) in [4.78, 5) is 20.0. The van der Waals surface area contributed by atoms with Gasteiger partial charge in [0.25, 0.3) is 0 Å². The van der Waals surface area contributed by atoms with E-state index in [-0.39, 0.29) is 11.4 Å². The SMILES string of the molecule is COc1ccc(-c2ccccc2CN2CCOc3ccncc3C2C(=O)NC(C)(C)C)cc1. The number of amides is 1. The van der Waals surface area contributed by atoms with Gasteiger partial charge in [-0.2, -0.15) is 0 Å². The summed E-state index contributed by atoms with van der Waals surface area (Å²) in [7, 11) is 1.67. The van der Waals surface area contributed by atoms with Gasteiger partial charge in [-0.1, -0.05) is 36.4 Å². The Labute approximate surface area is 195 Å². The van der Waals surface area contributed by atoms with Crippen molar-refractivity contribution >= 4 is 5.91 Å². The third kappa shape index (κ3) is 5.34. The molecule has 172 valence electrons. The zero-order valence-corrected chi connectivity index (χ0v) is 19.7. The van der Waals surface area contributed by atoms with Gasteiger partial charge in [0.05, 0.1) is 7.11 Å². The molecule has 1 aliphatic heterocycles. The van der Waals surface area contributed by atoms with Crippen LogP contribution in [0.5, 0.6) is 11.5 Å². The number of carbonyl (C=O) groups is 1. The summed E-state index contributed by atoms with van der Waals surface area (Å²) >= 11 is 0. The largest absolute Gasteiger partial charge is 0.497 e. The highest BCUT2D eigenvalue weighted by atomic mass is 16.5. The second-order valence-corrected chi connectivity index (χ2v) is 9.26. The van der Waals surface area contributed by atoms with Crippen molar-refractivity contribution in [3.63, 3.8) is 0 Å². The molecule has 1 aliphatic rings. The fraction of sp³-hybridized carbons (Fsp3) is 0.333. The fourth-order valence-corrected chi connectivity index (χ4v) is 4.17. The maximum Gasteiger partial charge on any atom is 0.242 e. The Hall–Kier alpha value is -3.38. The Morgan fingerprint density at radius 3 is 2.64 bits per heavy atom. The van der Waals surface area contributed by atoms with Crippen molar-refractivity contribution < 1.29 is 14.3 Å². The van der Waals surface area contributed by atoms with E-state index >= 15 is 0 Å². The number of pyridine rings is 1. The first-order valence-electron chi connectivity index (χ1n) is 11.2. The predicted molar refractivity (Wildman–Crippen MR) is 129 cm³/mol. The van der Waals surface area contributed by atoms with Gasteiger partial charge >= 0.3 is 0 Å². The second-order valence-electron chi connectivity index (χ2n) is 9.26. The van der Waals surface area contributed by atoms with Crippen LogP contribution in [0, 0.1) is 0 Å². The van der Waals surface area contributed by atoms with Crippen LogP contribution in [0.25, 0.3) is 11.1 Å². The van der Waals surface area contributed by atoms with Crippen LogP contribution in [0.1, 0.15) is 37.9 Å². The van der Waals surface area contributed by atoms with Crippen LogP contribution in [0.2, 0.25) is 0 Å². The number of ether oxygens (including phenoxy) is 2. The molecule has 0 saturated heterocycles. The minimum atomic E-state index is -0.501. The molecule has 0 radical (unpaired) electrons. The topological polar surface area (TPSA) is 63.7 Å². The summed E-state index contributed by atoms with van der Waals surface area (Å²) in [5.74, 6) is 1.48. The lowest BCUT2D eigenvalue weighted by Crippen LogP contribution is -2.47. The Bertz CT molecular complexity index is 1110. The molecular weight excluding hydrogens is 414 g/mol. The smallest absolute Gasteiger partial charge is 0.242 e. The van der Waals surface area contributed by atoms with E-state index in [9.17, 15) is 4.79 Å². The fourth-order valence-electron chi connectivity index (χ4n) is 4.17. The van der Waals surface area contributed by atoms with Crippen molar-refractivity contribution in [2.75, 3.05) is 20.3 Å². The monoisotopic (exact) mass is 445 g/mol. The molecule has 4 rings (SSSR count). The van der Waals surface area contributed by atoms with E-state index in [1.807, 2.05) is 51.1 Å². The van der Waals surface area contributed by atoms with Crippen molar-refractivity contribution in [1.29, 1.82) is 0 Å². The molecule has 1 atom stereocenters. The predicted octanol–water partition coefficient (Wildman–Crippen LogP) is 4.61. The van der Waals surface area contributed by atoms with Crippen LogP contribution >= 0.6 is 0 Å². The van der Waals surface area contributed by atoms with E-state index in [2.05, 4.69) is 39.5 Å². The summed E-state index contributed by atoms with van der Waals surface area (Å²) in [6, 6.07) is 17.7. The second kappa shape index (κ2) is 9.63. The van der Waals surface area contributed by atoms with Crippen LogP contribution < -0.4 is 14.8 Å². The number of fused-ring (bicyclic) bond motifs is 1. The zero-order chi connectivity index (χ0) is 23.4. The molecular formula is C27H31N3O3. The molecule has 0 aliphatic carbocycles. The van der Waals surface area contributed by atoms with E-state index < -0.39 is 6.04 Å². The number of nitrogens with zero attached hydrogens (tertiary/aromatic N) is 2. The number of aromatic nitrogens is 1. The lowest BCUT2D eigenvalue weighted by Gasteiger charge is -2.32. The Kier molecular flexibility index (Phi) is 6.65. The number of carbonyl (C=O) groups excluding carboxylic acids is 1. The van der Waals surface area contributed by atoms with Crippen LogP contribution in [0.3, 0.4) is 0 Å². The van der Waals surface area contributed by atoms with Crippen molar-refractivity contribution in [3.8, 4) is 22.6 Å². The number of hydrogen-bond acceptors (Lipinski definition) is 5. The molecule has 3 aromatic rings. The van der Waals surface area contributed by atoms with Crippen molar-refractivity contribution in [2.24, 2.45) is 0 Å². The zero-order valence-electron chi connectivity index (χ0n) is 19.7. The molecule has 33 heavy (non-hydrogen) atoms. The molecule has 2 aromatic carbocycles. The molecule has 0 spiro atoms. The number of nitrogens with one attached hydrogen (secondary N) is 1. The molecule has 0 bridgehead atoms. The van der Waals surface area contributed by atoms with Gasteiger partial charge in [0.1, 0.15) is 24.1 Å². The Morgan fingerprint density at radius 1 is 1.15 bits per heavy atom. The van der Waals surface area contributed by atoms with Crippen molar-refractivity contribution in [1.82, 2.24) is 15.2 Å². The standard InChI is InChI=1S/C27H31N3O3/c1-27(2,3)29-26(31)25-23-17-28-14-13-24(23)33-16-15-30(25)18-20-7-5-6-8-22(20)19-9-11-21(32-4)12-10-19/h5-14,17,25H,15-16,18H2,1-4H3,(H,29,31). The minimum Gasteiger partial charge on any atom is -0.497 e.